The molecule has 0 radical (unpaired) electrons. The zero-order valence-corrected chi connectivity index (χ0v) is 17.1. The summed E-state index contributed by atoms with van der Waals surface area (Å²) < 4.78 is 6.13. The van der Waals surface area contributed by atoms with Gasteiger partial charge in [-0.05, 0) is 25.1 Å². The fourth-order valence-corrected chi connectivity index (χ4v) is 4.32. The monoisotopic (exact) mass is 428 g/mol. The molecule has 148 valence electrons. The lowest BCUT2D eigenvalue weighted by Gasteiger charge is -2.17. The highest BCUT2D eigenvalue weighted by Gasteiger charge is 2.20. The summed E-state index contributed by atoms with van der Waals surface area (Å²) in [5, 5.41) is 12.8. The first-order valence-corrected chi connectivity index (χ1v) is 10.1. The van der Waals surface area contributed by atoms with E-state index < -0.39 is 0 Å². The minimum absolute atomic E-state index is 0.340. The smallest absolute Gasteiger partial charge is 0.159 e. The number of nitrogens with one attached hydrogen (secondary N) is 3. The van der Waals surface area contributed by atoms with Gasteiger partial charge in [-0.2, -0.15) is 5.10 Å². The molecule has 4 aromatic rings. The lowest BCUT2D eigenvalue weighted by atomic mass is 10.1. The van der Waals surface area contributed by atoms with Crippen molar-refractivity contribution in [2.45, 2.75) is 26.0 Å². The van der Waals surface area contributed by atoms with Crippen LogP contribution >= 0.6 is 23.2 Å². The minimum Gasteiger partial charge on any atom is -0.486 e. The summed E-state index contributed by atoms with van der Waals surface area (Å²) in [4.78, 5) is 12.1. The second kappa shape index (κ2) is 7.33. The number of aromatic nitrogens is 5. The number of imidazole rings is 1. The number of benzene rings is 1. The number of hydrogen-bond donors (Lipinski definition) is 3. The minimum atomic E-state index is -0.340. The first-order chi connectivity index (χ1) is 14.1. The molecule has 7 nitrogen and oxygen atoms in total. The van der Waals surface area contributed by atoms with Gasteiger partial charge in [0.05, 0.1) is 26.9 Å². The highest BCUT2D eigenvalue weighted by Crippen LogP contribution is 2.34. The Labute approximate surface area is 176 Å². The Balaban J connectivity index is 1.49. The molecule has 4 heterocycles. The molecule has 5 rings (SSSR count). The number of H-pyrrole nitrogens is 2. The zero-order chi connectivity index (χ0) is 20.0. The van der Waals surface area contributed by atoms with E-state index in [-0.39, 0.29) is 6.10 Å². The molecule has 0 fully saturated rings. The quantitative estimate of drug-likeness (QED) is 0.446. The van der Waals surface area contributed by atoms with Gasteiger partial charge in [-0.25, -0.2) is 4.98 Å². The molecule has 0 spiro atoms. The van der Waals surface area contributed by atoms with E-state index in [2.05, 4.69) is 25.5 Å². The summed E-state index contributed by atoms with van der Waals surface area (Å²) in [5.41, 5.74) is 4.60. The van der Waals surface area contributed by atoms with Crippen LogP contribution in [0, 0.1) is 0 Å². The van der Waals surface area contributed by atoms with Gasteiger partial charge in [-0.1, -0.05) is 23.2 Å². The maximum Gasteiger partial charge on any atom is 0.159 e. The van der Waals surface area contributed by atoms with Crippen LogP contribution in [0.5, 0.6) is 5.75 Å². The van der Waals surface area contributed by atoms with Crippen LogP contribution in [0.1, 0.15) is 30.0 Å². The second-order valence-electron chi connectivity index (χ2n) is 6.99. The van der Waals surface area contributed by atoms with E-state index in [0.29, 0.717) is 21.4 Å². The Morgan fingerprint density at radius 3 is 2.79 bits per heavy atom. The van der Waals surface area contributed by atoms with Crippen molar-refractivity contribution in [1.29, 1.82) is 0 Å². The molecule has 29 heavy (non-hydrogen) atoms. The van der Waals surface area contributed by atoms with E-state index in [9.17, 15) is 0 Å². The van der Waals surface area contributed by atoms with Gasteiger partial charge in [-0.15, -0.1) is 0 Å². The van der Waals surface area contributed by atoms with E-state index in [1.54, 1.807) is 12.4 Å². The molecule has 0 saturated carbocycles. The number of pyridine rings is 1. The molecule has 3 N–H and O–H groups in total. The standard InChI is InChI=1S/C20H18Cl2N6O/c1-10(18-13(21)7-24-8-14(18)22)29-11-2-3-15-12(6-11)19(28-27-15)20-25-16-4-5-23-9-17(16)26-20/h2-3,6-8,10,23H,4-5,9H2,1H3,(H,25,26)(H,27,28). The molecule has 3 aromatic heterocycles. The number of fused-ring (bicyclic) bond motifs is 2. The maximum atomic E-state index is 6.26. The third kappa shape index (κ3) is 3.35. The third-order valence-electron chi connectivity index (χ3n) is 5.07. The van der Waals surface area contributed by atoms with Crippen molar-refractivity contribution >= 4 is 34.1 Å². The molecule has 1 atom stereocenters. The molecule has 1 aliphatic heterocycles. The van der Waals surface area contributed by atoms with Crippen LogP contribution in [-0.4, -0.2) is 31.7 Å². The molecule has 1 unspecified atom stereocenters. The summed E-state index contributed by atoms with van der Waals surface area (Å²) in [6, 6.07) is 5.78. The van der Waals surface area contributed by atoms with Gasteiger partial charge in [0.25, 0.3) is 0 Å². The van der Waals surface area contributed by atoms with Gasteiger partial charge >= 0.3 is 0 Å². The number of rotatable bonds is 4. The predicted octanol–water partition coefficient (Wildman–Crippen LogP) is 4.44. The van der Waals surface area contributed by atoms with Crippen LogP contribution in [0.25, 0.3) is 22.4 Å². The zero-order valence-electron chi connectivity index (χ0n) is 15.6. The van der Waals surface area contributed by atoms with Crippen molar-refractivity contribution in [2.75, 3.05) is 6.54 Å². The van der Waals surface area contributed by atoms with Gasteiger partial charge in [0.2, 0.25) is 0 Å². The fourth-order valence-electron chi connectivity index (χ4n) is 3.65. The molecular formula is C20H18Cl2N6O. The molecular weight excluding hydrogens is 411 g/mol. The van der Waals surface area contributed by atoms with E-state index in [1.807, 2.05) is 25.1 Å². The van der Waals surface area contributed by atoms with Crippen molar-refractivity contribution in [3.8, 4) is 17.3 Å². The molecule has 0 aliphatic carbocycles. The predicted molar refractivity (Wildman–Crippen MR) is 112 cm³/mol. The highest BCUT2D eigenvalue weighted by molar-refractivity contribution is 6.35. The number of aromatic amines is 2. The largest absolute Gasteiger partial charge is 0.486 e. The van der Waals surface area contributed by atoms with E-state index in [0.717, 1.165) is 53.3 Å². The van der Waals surface area contributed by atoms with E-state index in [4.69, 9.17) is 32.9 Å². The van der Waals surface area contributed by atoms with Crippen molar-refractivity contribution < 1.29 is 4.74 Å². The Bertz CT molecular complexity index is 1160. The molecule has 9 heteroatoms. The van der Waals surface area contributed by atoms with E-state index >= 15 is 0 Å². The van der Waals surface area contributed by atoms with Gasteiger partial charge in [0.15, 0.2) is 5.82 Å². The van der Waals surface area contributed by atoms with Crippen LogP contribution in [0.4, 0.5) is 0 Å². The fraction of sp³-hybridized carbons (Fsp3) is 0.250. The van der Waals surface area contributed by atoms with Crippen molar-refractivity contribution in [1.82, 2.24) is 30.5 Å². The summed E-state index contributed by atoms with van der Waals surface area (Å²) >= 11 is 12.5. The van der Waals surface area contributed by atoms with Crippen molar-refractivity contribution in [3.05, 3.63) is 57.6 Å². The Kier molecular flexibility index (Phi) is 4.66. The summed E-state index contributed by atoms with van der Waals surface area (Å²) in [5.74, 6) is 1.45. The Hall–Kier alpha value is -2.61. The molecule has 0 amide bonds. The number of hydrogen-bond acceptors (Lipinski definition) is 5. The Morgan fingerprint density at radius 1 is 1.17 bits per heavy atom. The summed E-state index contributed by atoms with van der Waals surface area (Å²) in [6.45, 7) is 3.64. The molecule has 0 saturated heterocycles. The lowest BCUT2D eigenvalue weighted by Crippen LogP contribution is -2.23. The van der Waals surface area contributed by atoms with Crippen LogP contribution in [-0.2, 0) is 13.0 Å². The van der Waals surface area contributed by atoms with Crippen LogP contribution in [0.3, 0.4) is 0 Å². The number of halogens is 2. The number of ether oxygens (including phenoxy) is 1. The topological polar surface area (TPSA) is 91.5 Å². The van der Waals surface area contributed by atoms with E-state index in [1.165, 1.54) is 0 Å². The van der Waals surface area contributed by atoms with Crippen molar-refractivity contribution in [2.24, 2.45) is 0 Å². The first-order valence-electron chi connectivity index (χ1n) is 9.32. The second-order valence-corrected chi connectivity index (χ2v) is 7.81. The number of nitrogens with zero attached hydrogens (tertiary/aromatic N) is 3. The van der Waals surface area contributed by atoms with Crippen LogP contribution in [0.15, 0.2) is 30.6 Å². The van der Waals surface area contributed by atoms with Gasteiger partial charge in [0.1, 0.15) is 17.5 Å². The van der Waals surface area contributed by atoms with Crippen molar-refractivity contribution in [3.63, 3.8) is 0 Å². The molecule has 1 aromatic carbocycles. The SMILES string of the molecule is CC(Oc1ccc2[nH]nc(-c3nc4c([nH]3)CNCC4)c2c1)c1c(Cl)cncc1Cl. The van der Waals surface area contributed by atoms with Gasteiger partial charge in [-0.3, -0.25) is 10.1 Å². The lowest BCUT2D eigenvalue weighted by molar-refractivity contribution is 0.227. The summed E-state index contributed by atoms with van der Waals surface area (Å²) in [6.07, 6.45) is 3.70. The molecule has 0 bridgehead atoms. The maximum absolute atomic E-state index is 6.26. The van der Waals surface area contributed by atoms with Crippen LogP contribution < -0.4 is 10.1 Å². The molecule has 1 aliphatic rings. The Morgan fingerprint density at radius 2 is 2.00 bits per heavy atom. The van der Waals surface area contributed by atoms with Gasteiger partial charge in [0, 0.05) is 42.9 Å². The highest BCUT2D eigenvalue weighted by atomic mass is 35.5. The normalized spacial score (nSPS) is 14.7. The van der Waals surface area contributed by atoms with Gasteiger partial charge < -0.3 is 15.0 Å². The average molecular weight is 429 g/mol. The van der Waals surface area contributed by atoms with Crippen LogP contribution in [0.2, 0.25) is 10.0 Å². The first kappa shape index (κ1) is 18.4. The average Bonchev–Trinajstić information content (AvgIpc) is 3.31. The summed E-state index contributed by atoms with van der Waals surface area (Å²) in [7, 11) is 0. The third-order valence-corrected chi connectivity index (χ3v) is 5.68.